The fourth-order valence-corrected chi connectivity index (χ4v) is 3.75. The fraction of sp³-hybridized carbons (Fsp3) is 0.120. The minimum absolute atomic E-state index is 0.0475. The molecule has 4 rings (SSSR count). The molecule has 2 N–H and O–H groups in total. The van der Waals surface area contributed by atoms with Crippen LogP contribution in [-0.2, 0) is 22.7 Å². The fourth-order valence-electron chi connectivity index (χ4n) is 3.62. The van der Waals surface area contributed by atoms with Crippen LogP contribution in [0, 0.1) is 0 Å². The van der Waals surface area contributed by atoms with Crippen LogP contribution in [0.5, 0.6) is 0 Å². The Balaban J connectivity index is 1.65. The van der Waals surface area contributed by atoms with E-state index in [1.807, 2.05) is 0 Å². The van der Waals surface area contributed by atoms with Gasteiger partial charge in [0.25, 0.3) is 5.56 Å². The van der Waals surface area contributed by atoms with Gasteiger partial charge in [-0.2, -0.15) is 0 Å². The van der Waals surface area contributed by atoms with E-state index in [1.54, 1.807) is 72.8 Å². The summed E-state index contributed by atoms with van der Waals surface area (Å²) in [7, 11) is 0. The molecule has 1 aromatic heterocycles. The number of halogens is 1. The van der Waals surface area contributed by atoms with Crippen molar-refractivity contribution in [1.82, 2.24) is 9.13 Å². The highest BCUT2D eigenvalue weighted by atomic mass is 35.5. The van der Waals surface area contributed by atoms with E-state index < -0.39 is 17.2 Å². The predicted octanol–water partition coefficient (Wildman–Crippen LogP) is 3.46. The zero-order chi connectivity index (χ0) is 24.2. The lowest BCUT2D eigenvalue weighted by Crippen LogP contribution is -2.42. The molecule has 0 aliphatic heterocycles. The maximum absolute atomic E-state index is 13.3. The molecule has 2 amide bonds. The number of carbonyl (C=O) groups is 2. The summed E-state index contributed by atoms with van der Waals surface area (Å²) < 4.78 is 2.40. The SMILES string of the molecule is CC(=O)Nc1ccc(NC(=O)Cn2c(=O)n(Cc3ccc(Cl)cc3)c(=O)c3ccccc32)cc1. The second-order valence-corrected chi connectivity index (χ2v) is 8.15. The normalized spacial score (nSPS) is 10.8. The molecule has 8 nitrogen and oxygen atoms in total. The molecule has 1 heterocycles. The topological polar surface area (TPSA) is 102 Å². The first kappa shape index (κ1) is 23.0. The number of nitrogens with zero attached hydrogens (tertiary/aromatic N) is 2. The van der Waals surface area contributed by atoms with Crippen LogP contribution in [0.3, 0.4) is 0 Å². The number of carbonyl (C=O) groups excluding carboxylic acids is 2. The van der Waals surface area contributed by atoms with Crippen LogP contribution in [0.15, 0.2) is 82.4 Å². The first-order valence-corrected chi connectivity index (χ1v) is 10.8. The Morgan fingerprint density at radius 1 is 0.824 bits per heavy atom. The molecule has 4 aromatic rings. The molecule has 0 atom stereocenters. The van der Waals surface area contributed by atoms with Gasteiger partial charge in [-0.1, -0.05) is 35.9 Å². The quantitative estimate of drug-likeness (QED) is 0.445. The third-order valence-electron chi connectivity index (χ3n) is 5.18. The maximum atomic E-state index is 13.3. The minimum atomic E-state index is -0.588. The third-order valence-corrected chi connectivity index (χ3v) is 5.43. The van der Waals surface area contributed by atoms with Gasteiger partial charge in [0.2, 0.25) is 11.8 Å². The number of nitrogens with one attached hydrogen (secondary N) is 2. The van der Waals surface area contributed by atoms with Gasteiger partial charge in [0.05, 0.1) is 17.4 Å². The van der Waals surface area contributed by atoms with Crippen LogP contribution in [0.1, 0.15) is 12.5 Å². The van der Waals surface area contributed by atoms with Crippen LogP contribution in [0.4, 0.5) is 11.4 Å². The van der Waals surface area contributed by atoms with E-state index in [1.165, 1.54) is 11.5 Å². The van der Waals surface area contributed by atoms with E-state index in [2.05, 4.69) is 10.6 Å². The number of anilines is 2. The average Bonchev–Trinajstić information content (AvgIpc) is 2.81. The summed E-state index contributed by atoms with van der Waals surface area (Å²) >= 11 is 5.94. The Hall–Kier alpha value is -4.17. The van der Waals surface area contributed by atoms with Crippen molar-refractivity contribution in [3.05, 3.63) is 104 Å². The number of hydrogen-bond acceptors (Lipinski definition) is 4. The molecule has 172 valence electrons. The van der Waals surface area contributed by atoms with Crippen LogP contribution in [-0.4, -0.2) is 20.9 Å². The number of benzene rings is 3. The number of aromatic nitrogens is 2. The van der Waals surface area contributed by atoms with E-state index in [0.29, 0.717) is 27.3 Å². The van der Waals surface area contributed by atoms with E-state index in [4.69, 9.17) is 11.6 Å². The molecule has 0 saturated heterocycles. The molecule has 0 unspecified atom stereocenters. The van der Waals surface area contributed by atoms with Gasteiger partial charge >= 0.3 is 5.69 Å². The molecule has 3 aromatic carbocycles. The summed E-state index contributed by atoms with van der Waals surface area (Å²) in [6.07, 6.45) is 0. The molecular formula is C25H21ClN4O4. The Kier molecular flexibility index (Phi) is 6.60. The Labute approximate surface area is 199 Å². The van der Waals surface area contributed by atoms with Gasteiger partial charge in [-0.15, -0.1) is 0 Å². The van der Waals surface area contributed by atoms with Crippen molar-refractivity contribution >= 4 is 45.7 Å². The number of rotatable bonds is 6. The second-order valence-electron chi connectivity index (χ2n) is 7.71. The summed E-state index contributed by atoms with van der Waals surface area (Å²) in [5, 5.41) is 6.28. The van der Waals surface area contributed by atoms with E-state index in [-0.39, 0.29) is 19.0 Å². The van der Waals surface area contributed by atoms with Gasteiger partial charge in [-0.05, 0) is 54.1 Å². The van der Waals surface area contributed by atoms with Gasteiger partial charge in [-0.25, -0.2) is 4.79 Å². The predicted molar refractivity (Wildman–Crippen MR) is 132 cm³/mol. The van der Waals surface area contributed by atoms with Crippen LogP contribution in [0.2, 0.25) is 5.02 Å². The summed E-state index contributed by atoms with van der Waals surface area (Å²) in [4.78, 5) is 50.3. The first-order valence-electron chi connectivity index (χ1n) is 10.5. The lowest BCUT2D eigenvalue weighted by atomic mass is 10.2. The van der Waals surface area contributed by atoms with E-state index >= 15 is 0 Å². The third kappa shape index (κ3) is 5.07. The highest BCUT2D eigenvalue weighted by Gasteiger charge is 2.16. The van der Waals surface area contributed by atoms with E-state index in [9.17, 15) is 19.2 Å². The van der Waals surface area contributed by atoms with Crippen molar-refractivity contribution in [2.45, 2.75) is 20.0 Å². The molecule has 0 aliphatic rings. The molecule has 9 heteroatoms. The second kappa shape index (κ2) is 9.76. The van der Waals surface area contributed by atoms with E-state index in [0.717, 1.165) is 10.1 Å². The molecule has 34 heavy (non-hydrogen) atoms. The molecule has 0 spiro atoms. The summed E-state index contributed by atoms with van der Waals surface area (Å²) in [5.74, 6) is -0.631. The van der Waals surface area contributed by atoms with Gasteiger partial charge in [-0.3, -0.25) is 23.5 Å². The zero-order valence-electron chi connectivity index (χ0n) is 18.2. The van der Waals surface area contributed by atoms with Crippen LogP contribution in [0.25, 0.3) is 10.9 Å². The maximum Gasteiger partial charge on any atom is 0.332 e. The highest BCUT2D eigenvalue weighted by molar-refractivity contribution is 6.30. The molecule has 0 radical (unpaired) electrons. The minimum Gasteiger partial charge on any atom is -0.326 e. The van der Waals surface area contributed by atoms with Crippen molar-refractivity contribution in [1.29, 1.82) is 0 Å². The molecular weight excluding hydrogens is 456 g/mol. The molecule has 0 aliphatic carbocycles. The smallest absolute Gasteiger partial charge is 0.326 e. The van der Waals surface area contributed by atoms with Gasteiger partial charge in [0.15, 0.2) is 0 Å². The molecule has 0 bridgehead atoms. The van der Waals surface area contributed by atoms with Crippen molar-refractivity contribution in [3.63, 3.8) is 0 Å². The number of para-hydroxylation sites is 1. The van der Waals surface area contributed by atoms with Gasteiger partial charge in [0.1, 0.15) is 6.54 Å². The molecule has 0 fully saturated rings. The average molecular weight is 477 g/mol. The van der Waals surface area contributed by atoms with Crippen LogP contribution < -0.4 is 21.9 Å². The van der Waals surface area contributed by atoms with Gasteiger partial charge in [0, 0.05) is 23.3 Å². The Bertz CT molecular complexity index is 1490. The van der Waals surface area contributed by atoms with Crippen molar-refractivity contribution in [2.75, 3.05) is 10.6 Å². The monoisotopic (exact) mass is 476 g/mol. The highest BCUT2D eigenvalue weighted by Crippen LogP contribution is 2.15. The number of hydrogen-bond donors (Lipinski definition) is 2. The molecule has 0 saturated carbocycles. The number of amides is 2. The van der Waals surface area contributed by atoms with Crippen molar-refractivity contribution in [3.8, 4) is 0 Å². The lowest BCUT2D eigenvalue weighted by molar-refractivity contribution is -0.117. The standard InChI is InChI=1S/C25H21ClN4O4/c1-16(31)27-19-10-12-20(13-11-19)28-23(32)15-29-22-5-3-2-4-21(22)24(33)30(25(29)34)14-17-6-8-18(26)9-7-17/h2-13H,14-15H2,1H3,(H,27,31)(H,28,32). The zero-order valence-corrected chi connectivity index (χ0v) is 19.0. The van der Waals surface area contributed by atoms with Gasteiger partial charge < -0.3 is 10.6 Å². The van der Waals surface area contributed by atoms with Crippen molar-refractivity contribution in [2.24, 2.45) is 0 Å². The number of fused-ring (bicyclic) bond motifs is 1. The largest absolute Gasteiger partial charge is 0.332 e. The summed E-state index contributed by atoms with van der Waals surface area (Å²) in [6, 6.07) is 20.1. The van der Waals surface area contributed by atoms with Crippen LogP contribution >= 0.6 is 11.6 Å². The summed E-state index contributed by atoms with van der Waals surface area (Å²) in [5.41, 5.74) is 1.19. The Morgan fingerprint density at radius 3 is 2.09 bits per heavy atom. The van der Waals surface area contributed by atoms with Crippen molar-refractivity contribution < 1.29 is 9.59 Å². The first-order chi connectivity index (χ1) is 16.3. The lowest BCUT2D eigenvalue weighted by Gasteiger charge is -2.14. The Morgan fingerprint density at radius 2 is 1.44 bits per heavy atom. The summed E-state index contributed by atoms with van der Waals surface area (Å²) in [6.45, 7) is 1.17.